The van der Waals surface area contributed by atoms with Gasteiger partial charge in [-0.3, -0.25) is 14.6 Å². The molecule has 9 heteroatoms. The molecule has 0 spiro atoms. The van der Waals surface area contributed by atoms with Crippen LogP contribution in [-0.4, -0.2) is 80.3 Å². The number of alkyl carbamates (subject to hydrolysis) is 1. The van der Waals surface area contributed by atoms with Gasteiger partial charge < -0.3 is 20.1 Å². The van der Waals surface area contributed by atoms with Crippen molar-refractivity contribution in [1.82, 2.24) is 20.4 Å². The Kier molecular flexibility index (Phi) is 7.50. The summed E-state index contributed by atoms with van der Waals surface area (Å²) in [5.41, 5.74) is 3.13. The molecule has 1 aromatic rings. The van der Waals surface area contributed by atoms with Crippen LogP contribution >= 0.6 is 0 Å². The second-order valence-corrected chi connectivity index (χ2v) is 9.69. The van der Waals surface area contributed by atoms with Crippen LogP contribution in [0.1, 0.15) is 36.0 Å². The van der Waals surface area contributed by atoms with Crippen molar-refractivity contribution in [2.75, 3.05) is 46.4 Å². The molecule has 2 fully saturated rings. The highest BCUT2D eigenvalue weighted by atomic mass is 19.1. The fourth-order valence-electron chi connectivity index (χ4n) is 5.39. The first-order chi connectivity index (χ1) is 17.5. The standard InChI is InChI=1S/C27H33FN4O4/c1-29-27(34)36-24-4-2-3-18-7-10-21(31-11-13-32(14-12-31)22-16-35-17-22)15-23(18)25(24)30-26(33)19-5-8-20(28)9-6-19/h2,4-6,8-9,21-22H,3,7,10-17H2,1H3,(H,29,34)(H,30,33). The lowest BCUT2D eigenvalue weighted by Crippen LogP contribution is -2.58. The Morgan fingerprint density at radius 1 is 1.06 bits per heavy atom. The Bertz CT molecular complexity index is 1090. The number of benzene rings is 1. The minimum Gasteiger partial charge on any atom is -0.408 e. The molecular formula is C27H33FN4O4. The van der Waals surface area contributed by atoms with Crippen molar-refractivity contribution in [1.29, 1.82) is 0 Å². The normalized spacial score (nSPS) is 23.6. The molecule has 0 bridgehead atoms. The maximum absolute atomic E-state index is 13.4. The maximum Gasteiger partial charge on any atom is 0.412 e. The first-order valence-corrected chi connectivity index (χ1v) is 12.7. The number of nitrogens with one attached hydrogen (secondary N) is 2. The molecule has 36 heavy (non-hydrogen) atoms. The number of hydrogen-bond acceptors (Lipinski definition) is 6. The first-order valence-electron chi connectivity index (χ1n) is 12.7. The van der Waals surface area contributed by atoms with Crippen molar-refractivity contribution in [2.45, 2.75) is 37.8 Å². The average Bonchev–Trinajstić information content (AvgIpc) is 3.02. The average molecular weight is 497 g/mol. The highest BCUT2D eigenvalue weighted by Crippen LogP contribution is 2.37. The van der Waals surface area contributed by atoms with E-state index in [4.69, 9.17) is 9.47 Å². The molecule has 2 N–H and O–H groups in total. The van der Waals surface area contributed by atoms with E-state index in [9.17, 15) is 14.0 Å². The minimum absolute atomic E-state index is 0.310. The number of nitrogens with zero attached hydrogens (tertiary/aromatic N) is 2. The van der Waals surface area contributed by atoms with Crippen LogP contribution < -0.4 is 10.6 Å². The summed E-state index contributed by atoms with van der Waals surface area (Å²) in [6.45, 7) is 5.75. The van der Waals surface area contributed by atoms with Gasteiger partial charge in [0.25, 0.3) is 5.91 Å². The van der Waals surface area contributed by atoms with E-state index in [0.29, 0.717) is 29.1 Å². The van der Waals surface area contributed by atoms with Crippen LogP contribution in [0.5, 0.6) is 0 Å². The van der Waals surface area contributed by atoms with Crippen molar-refractivity contribution < 1.29 is 23.5 Å². The molecule has 8 nitrogen and oxygen atoms in total. The van der Waals surface area contributed by atoms with Crippen LogP contribution in [0.25, 0.3) is 0 Å². The second-order valence-electron chi connectivity index (χ2n) is 9.69. The van der Waals surface area contributed by atoms with Gasteiger partial charge >= 0.3 is 6.09 Å². The lowest BCUT2D eigenvalue weighted by molar-refractivity contribution is -0.0800. The molecule has 0 saturated carbocycles. The van der Waals surface area contributed by atoms with E-state index < -0.39 is 11.9 Å². The zero-order valence-corrected chi connectivity index (χ0v) is 20.6. The first kappa shape index (κ1) is 24.7. The number of rotatable bonds is 5. The predicted octanol–water partition coefficient (Wildman–Crippen LogP) is 2.95. The molecule has 1 atom stereocenters. The SMILES string of the molecule is CNC(=O)OC1=C(NC(=O)c2ccc(F)cc2)C2=C(CC=C1)CCC(N1CCN(C3COC3)CC1)C2. The second kappa shape index (κ2) is 10.9. The minimum atomic E-state index is -0.601. The van der Waals surface area contributed by atoms with Crippen LogP contribution in [0, 0.1) is 5.82 Å². The number of allylic oxidation sites excluding steroid dienone is 4. The number of ether oxygens (including phenoxy) is 2. The van der Waals surface area contributed by atoms with Crippen molar-refractivity contribution >= 4 is 12.0 Å². The van der Waals surface area contributed by atoms with Gasteiger partial charge in [0.1, 0.15) is 5.82 Å². The Labute approximate surface area is 210 Å². The van der Waals surface area contributed by atoms with Gasteiger partial charge in [0, 0.05) is 44.8 Å². The third-order valence-electron chi connectivity index (χ3n) is 7.58. The van der Waals surface area contributed by atoms with Gasteiger partial charge in [-0.05, 0) is 61.6 Å². The van der Waals surface area contributed by atoms with Gasteiger partial charge in [0.2, 0.25) is 0 Å². The zero-order chi connectivity index (χ0) is 25.1. The van der Waals surface area contributed by atoms with Gasteiger partial charge in [0.15, 0.2) is 5.76 Å². The number of halogens is 1. The van der Waals surface area contributed by atoms with E-state index in [1.54, 1.807) is 6.08 Å². The number of hydrogen-bond donors (Lipinski definition) is 2. The lowest BCUT2D eigenvalue weighted by Gasteiger charge is -2.45. The van der Waals surface area contributed by atoms with Crippen molar-refractivity contribution in [3.8, 4) is 0 Å². The number of piperazine rings is 1. The summed E-state index contributed by atoms with van der Waals surface area (Å²) in [6, 6.07) is 6.32. The van der Waals surface area contributed by atoms with Gasteiger partial charge in [0.05, 0.1) is 25.0 Å². The van der Waals surface area contributed by atoms with Crippen LogP contribution in [0.3, 0.4) is 0 Å². The number of carbonyl (C=O) groups is 2. The number of carbonyl (C=O) groups excluding carboxylic acids is 2. The van der Waals surface area contributed by atoms with Crippen LogP contribution in [0.15, 0.2) is 59.0 Å². The number of amides is 2. The van der Waals surface area contributed by atoms with E-state index >= 15 is 0 Å². The molecule has 5 rings (SSSR count). The Morgan fingerprint density at radius 3 is 2.39 bits per heavy atom. The summed E-state index contributed by atoms with van der Waals surface area (Å²) in [7, 11) is 1.50. The molecule has 1 aromatic carbocycles. The maximum atomic E-state index is 13.4. The largest absolute Gasteiger partial charge is 0.412 e. The topological polar surface area (TPSA) is 83.1 Å². The van der Waals surface area contributed by atoms with Crippen LogP contribution in [0.2, 0.25) is 0 Å². The Morgan fingerprint density at radius 2 is 1.75 bits per heavy atom. The van der Waals surface area contributed by atoms with Crippen molar-refractivity contribution in [2.24, 2.45) is 0 Å². The molecular weight excluding hydrogens is 463 g/mol. The van der Waals surface area contributed by atoms with E-state index in [1.807, 2.05) is 6.08 Å². The van der Waals surface area contributed by atoms with E-state index in [0.717, 1.165) is 70.6 Å². The van der Waals surface area contributed by atoms with E-state index in [1.165, 1.54) is 36.9 Å². The van der Waals surface area contributed by atoms with Gasteiger partial charge in [-0.15, -0.1) is 0 Å². The quantitative estimate of drug-likeness (QED) is 0.652. The summed E-state index contributed by atoms with van der Waals surface area (Å²) in [5, 5.41) is 5.48. The predicted molar refractivity (Wildman–Crippen MR) is 133 cm³/mol. The molecule has 192 valence electrons. The Balaban J connectivity index is 1.37. The molecule has 2 saturated heterocycles. The molecule has 2 aliphatic heterocycles. The molecule has 2 amide bonds. The highest BCUT2D eigenvalue weighted by Gasteiger charge is 2.34. The third-order valence-corrected chi connectivity index (χ3v) is 7.58. The van der Waals surface area contributed by atoms with Crippen molar-refractivity contribution in [3.05, 3.63) is 70.4 Å². The van der Waals surface area contributed by atoms with Crippen LogP contribution in [0.4, 0.5) is 9.18 Å². The van der Waals surface area contributed by atoms with Crippen molar-refractivity contribution in [3.63, 3.8) is 0 Å². The summed E-state index contributed by atoms with van der Waals surface area (Å²) in [4.78, 5) is 30.3. The molecule has 2 aliphatic carbocycles. The van der Waals surface area contributed by atoms with E-state index in [-0.39, 0.29) is 5.91 Å². The fourth-order valence-corrected chi connectivity index (χ4v) is 5.39. The zero-order valence-electron chi connectivity index (χ0n) is 20.6. The smallest absolute Gasteiger partial charge is 0.408 e. The van der Waals surface area contributed by atoms with Crippen LogP contribution in [-0.2, 0) is 9.47 Å². The van der Waals surface area contributed by atoms with Gasteiger partial charge in [-0.1, -0.05) is 11.6 Å². The monoisotopic (exact) mass is 496 g/mol. The third kappa shape index (κ3) is 5.38. The summed E-state index contributed by atoms with van der Waals surface area (Å²) < 4.78 is 24.3. The molecule has 4 aliphatic rings. The highest BCUT2D eigenvalue weighted by molar-refractivity contribution is 5.96. The summed E-state index contributed by atoms with van der Waals surface area (Å²) in [6.07, 6.45) is 6.62. The summed E-state index contributed by atoms with van der Waals surface area (Å²) in [5.74, 6) is -0.467. The Hall–Kier alpha value is -3.01. The van der Waals surface area contributed by atoms with Gasteiger partial charge in [-0.25, -0.2) is 9.18 Å². The molecule has 0 aromatic heterocycles. The summed E-state index contributed by atoms with van der Waals surface area (Å²) >= 11 is 0. The lowest BCUT2D eigenvalue weighted by atomic mass is 9.84. The molecule has 0 radical (unpaired) electrons. The van der Waals surface area contributed by atoms with Gasteiger partial charge in [-0.2, -0.15) is 0 Å². The molecule has 1 unspecified atom stereocenters. The molecule has 2 heterocycles. The fraction of sp³-hybridized carbons (Fsp3) is 0.481. The van der Waals surface area contributed by atoms with E-state index in [2.05, 4.69) is 20.4 Å².